The van der Waals surface area contributed by atoms with Gasteiger partial charge in [-0.05, 0) is 32.1 Å². The van der Waals surface area contributed by atoms with Crippen molar-refractivity contribution >= 4 is 33.8 Å². The number of nitrogens with zero attached hydrogens (tertiary/aromatic N) is 4. The Bertz CT molecular complexity index is 807. The second-order valence-electron chi connectivity index (χ2n) is 6.70. The van der Waals surface area contributed by atoms with Crippen molar-refractivity contribution in [1.82, 2.24) is 5.06 Å². The SMILES string of the molecule is CC1(CCC([O-])=NCCCCCC(=O)ON2C(=O)CC(S(=O)(=O)O)C2=O)N=N1.[Na+]. The van der Waals surface area contributed by atoms with Gasteiger partial charge in [0.05, 0.1) is 6.42 Å². The van der Waals surface area contributed by atoms with E-state index in [0.29, 0.717) is 32.2 Å². The van der Waals surface area contributed by atoms with Crippen molar-refractivity contribution in [3.63, 3.8) is 0 Å². The minimum absolute atomic E-state index is 0. The molecular formula is C15H21N4NaO8S. The predicted molar refractivity (Wildman–Crippen MR) is 91.2 cm³/mol. The fraction of sp³-hybridized carbons (Fsp3) is 0.733. The Morgan fingerprint density at radius 1 is 1.31 bits per heavy atom. The van der Waals surface area contributed by atoms with Gasteiger partial charge in [0.1, 0.15) is 0 Å². The van der Waals surface area contributed by atoms with Crippen LogP contribution in [0.5, 0.6) is 0 Å². The first-order valence-electron chi connectivity index (χ1n) is 8.70. The first-order chi connectivity index (χ1) is 13.0. The molecule has 0 aromatic carbocycles. The van der Waals surface area contributed by atoms with Gasteiger partial charge in [0, 0.05) is 19.4 Å². The average Bonchev–Trinajstić information content (AvgIpc) is 3.27. The number of carbonyl (C=O) groups is 3. The van der Waals surface area contributed by atoms with E-state index in [2.05, 4.69) is 20.1 Å². The van der Waals surface area contributed by atoms with Crippen molar-refractivity contribution in [2.45, 2.75) is 62.8 Å². The molecule has 2 amide bonds. The number of hydrogen-bond donors (Lipinski definition) is 1. The molecule has 2 aliphatic heterocycles. The Morgan fingerprint density at radius 3 is 2.52 bits per heavy atom. The monoisotopic (exact) mass is 440 g/mol. The zero-order valence-corrected chi connectivity index (χ0v) is 19.1. The van der Waals surface area contributed by atoms with Gasteiger partial charge in [-0.25, -0.2) is 4.79 Å². The van der Waals surface area contributed by atoms with E-state index in [4.69, 9.17) is 4.55 Å². The van der Waals surface area contributed by atoms with Crippen LogP contribution in [0.2, 0.25) is 0 Å². The predicted octanol–water partition coefficient (Wildman–Crippen LogP) is -3.25. The summed E-state index contributed by atoms with van der Waals surface area (Å²) in [5, 5.41) is 17.3. The van der Waals surface area contributed by atoms with Crippen LogP contribution in [0.15, 0.2) is 15.2 Å². The van der Waals surface area contributed by atoms with E-state index in [1.807, 2.05) is 6.92 Å². The van der Waals surface area contributed by atoms with E-state index in [9.17, 15) is 27.9 Å². The van der Waals surface area contributed by atoms with Gasteiger partial charge in [-0.3, -0.25) is 14.1 Å². The molecule has 1 atom stereocenters. The summed E-state index contributed by atoms with van der Waals surface area (Å²) < 4.78 is 30.9. The first kappa shape index (κ1) is 25.6. The number of rotatable bonds is 11. The van der Waals surface area contributed by atoms with E-state index in [1.54, 1.807) is 0 Å². The standard InChI is InChI=1S/C15H22N4O8S.Na/c1-15(17-18-15)7-6-11(20)16-8-4-2-3-5-13(22)27-19-12(21)9-10(14(19)23)28(24,25)26;/h10H,2-9H2,1H3,(H,16,20)(H,24,25,26);/q;+1/p-1. The summed E-state index contributed by atoms with van der Waals surface area (Å²) in [5.41, 5.74) is -0.426. The zero-order valence-electron chi connectivity index (χ0n) is 16.2. The third-order valence-corrected chi connectivity index (χ3v) is 5.28. The Balaban J connectivity index is 0.00000420. The van der Waals surface area contributed by atoms with Crippen LogP contribution in [0.3, 0.4) is 0 Å². The Kier molecular flexibility index (Phi) is 9.34. The average molecular weight is 440 g/mol. The van der Waals surface area contributed by atoms with Crippen LogP contribution in [-0.2, 0) is 29.3 Å². The van der Waals surface area contributed by atoms with Gasteiger partial charge >= 0.3 is 35.5 Å². The summed E-state index contributed by atoms with van der Waals surface area (Å²) in [6, 6.07) is 0. The van der Waals surface area contributed by atoms with Crippen molar-refractivity contribution in [3.05, 3.63) is 0 Å². The minimum atomic E-state index is -4.75. The number of hydrogen-bond acceptors (Lipinski definition) is 10. The van der Waals surface area contributed by atoms with Crippen molar-refractivity contribution in [2.24, 2.45) is 15.2 Å². The van der Waals surface area contributed by atoms with Crippen LogP contribution in [0, 0.1) is 0 Å². The third kappa shape index (κ3) is 8.09. The third-order valence-electron chi connectivity index (χ3n) is 4.20. The van der Waals surface area contributed by atoms with Crippen molar-refractivity contribution < 1.29 is 66.9 Å². The van der Waals surface area contributed by atoms with E-state index >= 15 is 0 Å². The molecule has 0 aliphatic carbocycles. The quantitative estimate of drug-likeness (QED) is 0.0869. The number of aliphatic imine (C=N–C) groups is 1. The molecule has 2 rings (SSSR count). The van der Waals surface area contributed by atoms with E-state index in [1.165, 1.54) is 0 Å². The number of carbonyl (C=O) groups excluding carboxylic acids is 3. The number of hydroxylamine groups is 2. The van der Waals surface area contributed by atoms with Gasteiger partial charge < -0.3 is 14.9 Å². The topological polar surface area (TPSA) is 178 Å². The summed E-state index contributed by atoms with van der Waals surface area (Å²) in [6.45, 7) is 2.14. The second kappa shape index (κ2) is 10.6. The largest absolute Gasteiger partial charge is 1.00 e. The van der Waals surface area contributed by atoms with Crippen molar-refractivity contribution in [2.75, 3.05) is 6.54 Å². The summed E-state index contributed by atoms with van der Waals surface area (Å²) in [6.07, 6.45) is 1.42. The number of unbranched alkanes of at least 4 members (excludes halogenated alkanes) is 2. The van der Waals surface area contributed by atoms with E-state index in [-0.39, 0.29) is 53.4 Å². The summed E-state index contributed by atoms with van der Waals surface area (Å²) >= 11 is 0. The summed E-state index contributed by atoms with van der Waals surface area (Å²) in [5.74, 6) is -3.41. The molecule has 1 N–H and O–H groups in total. The molecule has 0 spiro atoms. The molecule has 0 aromatic rings. The maximum Gasteiger partial charge on any atom is 1.00 e. The Labute approximate surface area is 189 Å². The van der Waals surface area contributed by atoms with Crippen molar-refractivity contribution in [1.29, 1.82) is 0 Å². The molecule has 0 saturated carbocycles. The molecule has 12 nitrogen and oxygen atoms in total. The minimum Gasteiger partial charge on any atom is -0.862 e. The fourth-order valence-electron chi connectivity index (χ4n) is 2.43. The van der Waals surface area contributed by atoms with Crippen LogP contribution in [0.4, 0.5) is 0 Å². The van der Waals surface area contributed by atoms with Gasteiger partial charge in [-0.2, -0.15) is 18.6 Å². The molecule has 1 saturated heterocycles. The van der Waals surface area contributed by atoms with Crippen LogP contribution >= 0.6 is 0 Å². The van der Waals surface area contributed by atoms with Crippen LogP contribution < -0.4 is 34.7 Å². The van der Waals surface area contributed by atoms with E-state index < -0.39 is 45.2 Å². The van der Waals surface area contributed by atoms with Gasteiger partial charge in [-0.15, -0.1) is 5.06 Å². The molecule has 1 fully saturated rings. The number of imide groups is 1. The Morgan fingerprint density at radius 2 is 1.97 bits per heavy atom. The molecule has 2 aliphatic rings. The van der Waals surface area contributed by atoms with Crippen LogP contribution in [0.1, 0.15) is 51.9 Å². The molecular weight excluding hydrogens is 419 g/mol. The molecule has 29 heavy (non-hydrogen) atoms. The maximum absolute atomic E-state index is 11.7. The van der Waals surface area contributed by atoms with Crippen molar-refractivity contribution in [3.8, 4) is 0 Å². The summed E-state index contributed by atoms with van der Waals surface area (Å²) in [4.78, 5) is 43.5. The van der Waals surface area contributed by atoms with Gasteiger partial charge in [-0.1, -0.05) is 6.42 Å². The summed E-state index contributed by atoms with van der Waals surface area (Å²) in [7, 11) is -4.75. The van der Waals surface area contributed by atoms with Gasteiger partial charge in [0.2, 0.25) is 0 Å². The van der Waals surface area contributed by atoms with E-state index in [0.717, 1.165) is 0 Å². The second-order valence-corrected chi connectivity index (χ2v) is 8.30. The molecule has 0 bridgehead atoms. The maximum atomic E-state index is 11.7. The van der Waals surface area contributed by atoms with Gasteiger partial charge in [0.25, 0.3) is 21.9 Å². The van der Waals surface area contributed by atoms with Crippen LogP contribution in [0.25, 0.3) is 0 Å². The first-order valence-corrected chi connectivity index (χ1v) is 10.2. The fourth-order valence-corrected chi connectivity index (χ4v) is 3.13. The van der Waals surface area contributed by atoms with Crippen LogP contribution in [-0.4, -0.2) is 59.2 Å². The van der Waals surface area contributed by atoms with Gasteiger partial charge in [0.15, 0.2) is 10.9 Å². The molecule has 0 radical (unpaired) electrons. The smallest absolute Gasteiger partial charge is 0.862 e. The normalized spacial score (nSPS) is 20.6. The molecule has 0 aromatic heterocycles. The molecule has 156 valence electrons. The molecule has 14 heteroatoms. The Hall–Kier alpha value is -1.41. The molecule has 2 heterocycles. The zero-order chi connectivity index (χ0) is 20.9. The number of amides is 2. The molecule has 1 unspecified atom stereocenters.